The molecule has 2 aliphatic heterocycles. The van der Waals surface area contributed by atoms with Crippen molar-refractivity contribution in [2.24, 2.45) is 11.8 Å². The molecule has 0 saturated carbocycles. The lowest BCUT2D eigenvalue weighted by Gasteiger charge is -2.30. The molecule has 4 atom stereocenters. The Morgan fingerprint density at radius 1 is 0.750 bits per heavy atom. The highest BCUT2D eigenvalue weighted by atomic mass is 16.5. The van der Waals surface area contributed by atoms with Crippen molar-refractivity contribution in [1.29, 1.82) is 0 Å². The number of nitrogens with one attached hydrogen (secondary N) is 4. The number of H-pyrrole nitrogens is 1. The number of alkyl carbamates (subject to hydrolysis) is 2. The van der Waals surface area contributed by atoms with Crippen molar-refractivity contribution in [2.75, 3.05) is 32.6 Å². The molecule has 2 aromatic heterocycles. The zero-order chi connectivity index (χ0) is 40.1. The van der Waals surface area contributed by atoms with Crippen molar-refractivity contribution >= 4 is 46.5 Å². The number of hydrogen-bond acceptors (Lipinski definition) is 9. The molecule has 4 N–H and O–H groups in total. The number of imidazole rings is 1. The highest BCUT2D eigenvalue weighted by Gasteiger charge is 2.40. The molecular formula is C41H50N8O7. The van der Waals surface area contributed by atoms with Gasteiger partial charge < -0.3 is 40.2 Å². The average Bonchev–Trinajstić information content (AvgIpc) is 4.00. The molecule has 56 heavy (non-hydrogen) atoms. The minimum atomic E-state index is -0.821. The Balaban J connectivity index is 1.14. The van der Waals surface area contributed by atoms with Gasteiger partial charge in [-0.15, -0.1) is 0 Å². The van der Waals surface area contributed by atoms with E-state index in [9.17, 15) is 24.0 Å². The monoisotopic (exact) mass is 766 g/mol. The number of fused-ring (bicyclic) bond motifs is 1. The number of amides is 5. The number of hydrogen-bond donors (Lipinski definition) is 4. The molecule has 4 heterocycles. The quantitative estimate of drug-likeness (QED) is 0.150. The molecule has 2 saturated heterocycles. The number of carbonyl (C=O) groups is 5. The normalized spacial score (nSPS) is 17.9. The number of rotatable bonds is 11. The second kappa shape index (κ2) is 17.2. The van der Waals surface area contributed by atoms with Crippen LogP contribution >= 0.6 is 0 Å². The lowest BCUT2D eigenvalue weighted by Crippen LogP contribution is -2.54. The summed E-state index contributed by atoms with van der Waals surface area (Å²) in [6.07, 6.45) is 4.84. The van der Waals surface area contributed by atoms with Crippen molar-refractivity contribution in [1.82, 2.24) is 35.4 Å². The first-order valence-electron chi connectivity index (χ1n) is 19.0. The third kappa shape index (κ3) is 8.46. The number of ether oxygens (including phenoxy) is 2. The molecule has 0 radical (unpaired) electrons. The maximum Gasteiger partial charge on any atom is 0.407 e. The van der Waals surface area contributed by atoms with Gasteiger partial charge in [0.05, 0.1) is 32.2 Å². The van der Waals surface area contributed by atoms with E-state index in [1.165, 1.54) is 19.1 Å². The van der Waals surface area contributed by atoms with Gasteiger partial charge in [-0.3, -0.25) is 14.4 Å². The molecule has 0 bridgehead atoms. The molecule has 15 nitrogen and oxygen atoms in total. The van der Waals surface area contributed by atoms with Gasteiger partial charge in [0.25, 0.3) is 0 Å². The Morgan fingerprint density at radius 2 is 1.34 bits per heavy atom. The molecule has 5 amide bonds. The molecule has 6 rings (SSSR count). The van der Waals surface area contributed by atoms with Gasteiger partial charge in [0.1, 0.15) is 29.8 Å². The first-order valence-corrected chi connectivity index (χ1v) is 19.0. The first kappa shape index (κ1) is 39.7. The highest BCUT2D eigenvalue weighted by Crippen LogP contribution is 2.34. The standard InChI is InChI=1S/C41H50N8O7/c1-23(2)33(45-40(53)55-5)38(51)48-19-7-9-31(48)36-43-22-30(44-36)26-13-11-25(12-14-26)27-15-16-29-28(21-27)17-18-42-35(29)47-37(50)32-10-8-20-49(32)39(52)34(24(3)4)46-41(54)56-6/h11-18,21-24,31-34H,7-10,19-20H2,1-6H3,(H,43,44)(H,45,53)(H,46,54)(H,42,47,50). The van der Waals surface area contributed by atoms with Crippen molar-refractivity contribution < 1.29 is 33.4 Å². The third-order valence-corrected chi connectivity index (χ3v) is 10.6. The Kier molecular flexibility index (Phi) is 12.2. The van der Waals surface area contributed by atoms with Crippen LogP contribution in [0.15, 0.2) is 60.9 Å². The number of carbonyl (C=O) groups excluding carboxylic acids is 5. The second-order valence-electron chi connectivity index (χ2n) is 14.9. The van der Waals surface area contributed by atoms with Crippen molar-refractivity contribution in [3.63, 3.8) is 0 Å². The number of methoxy groups -OCH3 is 2. The van der Waals surface area contributed by atoms with Crippen LogP contribution in [0, 0.1) is 11.8 Å². The topological polar surface area (TPSA) is 188 Å². The summed E-state index contributed by atoms with van der Waals surface area (Å²) in [6.45, 7) is 8.42. The van der Waals surface area contributed by atoms with Crippen LogP contribution in [0.3, 0.4) is 0 Å². The summed E-state index contributed by atoms with van der Waals surface area (Å²) >= 11 is 0. The maximum atomic E-state index is 13.6. The van der Waals surface area contributed by atoms with E-state index < -0.39 is 30.3 Å². The molecule has 2 aliphatic rings. The molecule has 0 spiro atoms. The van der Waals surface area contributed by atoms with Gasteiger partial charge in [0.15, 0.2) is 0 Å². The minimum Gasteiger partial charge on any atom is -0.453 e. The summed E-state index contributed by atoms with van der Waals surface area (Å²) in [5, 5.41) is 9.89. The van der Waals surface area contributed by atoms with Crippen LogP contribution in [0.2, 0.25) is 0 Å². The molecule has 0 aliphatic carbocycles. The van der Waals surface area contributed by atoms with Gasteiger partial charge in [-0.05, 0) is 71.7 Å². The van der Waals surface area contributed by atoms with E-state index in [1.54, 1.807) is 17.3 Å². The van der Waals surface area contributed by atoms with Crippen LogP contribution < -0.4 is 16.0 Å². The van der Waals surface area contributed by atoms with Gasteiger partial charge in [0.2, 0.25) is 17.7 Å². The number of pyridine rings is 1. The van der Waals surface area contributed by atoms with Gasteiger partial charge in [-0.25, -0.2) is 19.6 Å². The van der Waals surface area contributed by atoms with E-state index in [0.717, 1.165) is 46.0 Å². The van der Waals surface area contributed by atoms with E-state index in [0.29, 0.717) is 37.6 Å². The summed E-state index contributed by atoms with van der Waals surface area (Å²) in [4.78, 5) is 80.4. The van der Waals surface area contributed by atoms with E-state index >= 15 is 0 Å². The SMILES string of the molecule is COC(=O)NC(C(=O)N1CCCC1C(=O)Nc1nccc2cc(-c3ccc(-c4cnc(C5CCCN5C(=O)C(NC(=O)OC)C(C)C)[nH]4)cc3)ccc12)C(C)C. The number of aromatic nitrogens is 3. The third-order valence-electron chi connectivity index (χ3n) is 10.6. The Bertz CT molecular complexity index is 2080. The van der Waals surface area contributed by atoms with Crippen LogP contribution in [0.4, 0.5) is 15.4 Å². The van der Waals surface area contributed by atoms with Gasteiger partial charge in [-0.1, -0.05) is 64.1 Å². The van der Waals surface area contributed by atoms with E-state index in [2.05, 4.69) is 30.9 Å². The smallest absolute Gasteiger partial charge is 0.407 e. The lowest BCUT2D eigenvalue weighted by molar-refractivity contribution is -0.139. The van der Waals surface area contributed by atoms with Gasteiger partial charge >= 0.3 is 12.2 Å². The number of likely N-dealkylation sites (tertiary alicyclic amines) is 2. The Hall–Kier alpha value is -5.99. The van der Waals surface area contributed by atoms with Crippen LogP contribution in [0.1, 0.15) is 65.2 Å². The van der Waals surface area contributed by atoms with E-state index in [1.807, 2.05) is 76.2 Å². The molecule has 15 heteroatoms. The largest absolute Gasteiger partial charge is 0.453 e. The van der Waals surface area contributed by atoms with Crippen LogP contribution in [-0.4, -0.2) is 100 Å². The number of aromatic amines is 1. The summed E-state index contributed by atoms with van der Waals surface area (Å²) in [5.41, 5.74) is 3.73. The van der Waals surface area contributed by atoms with Gasteiger partial charge in [-0.2, -0.15) is 0 Å². The Morgan fingerprint density at radius 3 is 1.98 bits per heavy atom. The fraction of sp³-hybridized carbons (Fsp3) is 0.439. The summed E-state index contributed by atoms with van der Waals surface area (Å²) in [7, 11) is 2.52. The number of anilines is 1. The first-order chi connectivity index (χ1) is 26.9. The predicted molar refractivity (Wildman–Crippen MR) is 210 cm³/mol. The molecule has 2 aromatic carbocycles. The molecule has 4 unspecified atom stereocenters. The fourth-order valence-electron chi connectivity index (χ4n) is 7.53. The van der Waals surface area contributed by atoms with Gasteiger partial charge in [0, 0.05) is 24.7 Å². The average molecular weight is 767 g/mol. The highest BCUT2D eigenvalue weighted by molar-refractivity contribution is 6.04. The van der Waals surface area contributed by atoms with Crippen molar-refractivity contribution in [3.05, 3.63) is 66.7 Å². The van der Waals surface area contributed by atoms with Crippen LogP contribution in [0.25, 0.3) is 33.2 Å². The van der Waals surface area contributed by atoms with Crippen molar-refractivity contribution in [2.45, 2.75) is 77.5 Å². The summed E-state index contributed by atoms with van der Waals surface area (Å²) in [5.74, 6) is -0.0387. The predicted octanol–water partition coefficient (Wildman–Crippen LogP) is 5.65. The number of benzene rings is 2. The molecule has 4 aromatic rings. The number of nitrogens with zero attached hydrogens (tertiary/aromatic N) is 4. The lowest BCUT2D eigenvalue weighted by atomic mass is 10.00. The fourth-order valence-corrected chi connectivity index (χ4v) is 7.53. The minimum absolute atomic E-state index is 0.120. The van der Waals surface area contributed by atoms with Crippen molar-refractivity contribution in [3.8, 4) is 22.4 Å². The van der Waals surface area contributed by atoms with Crippen LogP contribution in [0.5, 0.6) is 0 Å². The molecule has 2 fully saturated rings. The molecule has 296 valence electrons. The van der Waals surface area contributed by atoms with E-state index in [4.69, 9.17) is 9.47 Å². The second-order valence-corrected chi connectivity index (χ2v) is 14.9. The van der Waals surface area contributed by atoms with Crippen LogP contribution in [-0.2, 0) is 23.9 Å². The Labute approximate surface area is 325 Å². The maximum absolute atomic E-state index is 13.6. The summed E-state index contributed by atoms with van der Waals surface area (Å²) < 4.78 is 9.46. The zero-order valence-electron chi connectivity index (χ0n) is 32.6. The summed E-state index contributed by atoms with van der Waals surface area (Å²) in [6, 6.07) is 13.5. The zero-order valence-corrected chi connectivity index (χ0v) is 32.6. The van der Waals surface area contributed by atoms with E-state index in [-0.39, 0.29) is 35.6 Å². The molecular weight excluding hydrogens is 716 g/mol.